The van der Waals surface area contributed by atoms with Gasteiger partial charge in [-0.3, -0.25) is 0 Å². The Balaban J connectivity index is 0. The van der Waals surface area contributed by atoms with Gasteiger partial charge in [-0.1, -0.05) is 20.9 Å². The molecule has 0 radical (unpaired) electrons. The van der Waals surface area contributed by atoms with Gasteiger partial charge in [0.05, 0.1) is 0 Å². The highest BCUT2D eigenvalue weighted by Crippen LogP contribution is 2.06. The fourth-order valence-electron chi connectivity index (χ4n) is 1.08. The lowest BCUT2D eigenvalue weighted by atomic mass is 10.2. The highest BCUT2D eigenvalue weighted by Gasteiger charge is 2.04. The molecule has 1 nitrogen and oxygen atoms in total. The molecule has 0 atom stereocenters. The third-order valence-corrected chi connectivity index (χ3v) is 1.89. The second-order valence-electron chi connectivity index (χ2n) is 2.67. The summed E-state index contributed by atoms with van der Waals surface area (Å²) in [6.45, 7) is 4.18. The molecular weight excluding hydrogens is 158 g/mol. The average Bonchev–Trinajstić information content (AvgIpc) is 2.04. The summed E-state index contributed by atoms with van der Waals surface area (Å²) in [6.07, 6.45) is 4.18. The summed E-state index contributed by atoms with van der Waals surface area (Å²) in [5.41, 5.74) is 2.59. The van der Waals surface area contributed by atoms with Gasteiger partial charge in [-0.05, 0) is 19.9 Å². The van der Waals surface area contributed by atoms with Crippen molar-refractivity contribution >= 4 is 5.57 Å². The standard InChI is InChI=1S/C10H14N.2CH4/c1-4-9(2)10-7-5-6-8-11(10)3;;/h4-8H,1-3H3;2*1H4/q+1;;. The number of pyridine rings is 1. The Morgan fingerprint density at radius 2 is 1.92 bits per heavy atom. The lowest BCUT2D eigenvalue weighted by Gasteiger charge is -1.96. The van der Waals surface area contributed by atoms with Crippen LogP contribution in [0.3, 0.4) is 0 Å². The van der Waals surface area contributed by atoms with Crippen LogP contribution in [0, 0.1) is 0 Å². The van der Waals surface area contributed by atoms with Gasteiger partial charge in [0, 0.05) is 17.7 Å². The quantitative estimate of drug-likeness (QED) is 0.584. The molecule has 0 aliphatic carbocycles. The summed E-state index contributed by atoms with van der Waals surface area (Å²) < 4.78 is 2.12. The van der Waals surface area contributed by atoms with Gasteiger partial charge in [-0.15, -0.1) is 0 Å². The number of nitrogens with zero attached hydrogens (tertiary/aromatic N) is 1. The Labute approximate surface area is 82.7 Å². The van der Waals surface area contributed by atoms with Crippen LogP contribution in [-0.2, 0) is 7.05 Å². The summed E-state index contributed by atoms with van der Waals surface area (Å²) in [6, 6.07) is 6.21. The van der Waals surface area contributed by atoms with E-state index in [9.17, 15) is 0 Å². The predicted octanol–water partition coefficient (Wildman–Crippen LogP) is 3.21. The van der Waals surface area contributed by atoms with Crippen LogP contribution in [0.4, 0.5) is 0 Å². The highest BCUT2D eigenvalue weighted by molar-refractivity contribution is 5.57. The lowest BCUT2D eigenvalue weighted by molar-refractivity contribution is -0.673. The monoisotopic (exact) mass is 180 g/mol. The molecule has 0 bridgehead atoms. The number of rotatable bonds is 1. The first-order valence-corrected chi connectivity index (χ1v) is 3.83. The maximum atomic E-state index is 2.12. The molecule has 1 aromatic heterocycles. The fraction of sp³-hybridized carbons (Fsp3) is 0.417. The van der Waals surface area contributed by atoms with Crippen LogP contribution in [0.1, 0.15) is 34.4 Å². The van der Waals surface area contributed by atoms with Gasteiger partial charge in [-0.2, -0.15) is 0 Å². The van der Waals surface area contributed by atoms with Gasteiger partial charge < -0.3 is 0 Å². The predicted molar refractivity (Wildman–Crippen MR) is 60.4 cm³/mol. The topological polar surface area (TPSA) is 3.88 Å². The van der Waals surface area contributed by atoms with Gasteiger partial charge in [0.25, 0.3) is 0 Å². The molecule has 1 heteroatoms. The van der Waals surface area contributed by atoms with E-state index in [-0.39, 0.29) is 14.9 Å². The molecule has 0 N–H and O–H groups in total. The fourth-order valence-corrected chi connectivity index (χ4v) is 1.08. The van der Waals surface area contributed by atoms with Crippen molar-refractivity contribution in [3.05, 3.63) is 36.2 Å². The zero-order chi connectivity index (χ0) is 8.27. The smallest absolute Gasteiger partial charge is 0.201 e. The lowest BCUT2D eigenvalue weighted by Crippen LogP contribution is -2.31. The normalized spacial score (nSPS) is 9.92. The molecule has 1 aromatic rings. The zero-order valence-electron chi connectivity index (χ0n) is 7.33. The van der Waals surface area contributed by atoms with Crippen LogP contribution in [0.25, 0.3) is 5.57 Å². The largest absolute Gasteiger partial charge is 0.207 e. The third kappa shape index (κ3) is 3.41. The highest BCUT2D eigenvalue weighted by atomic mass is 14.9. The summed E-state index contributed by atoms with van der Waals surface area (Å²) in [5, 5.41) is 0. The second-order valence-corrected chi connectivity index (χ2v) is 2.67. The average molecular weight is 180 g/mol. The summed E-state index contributed by atoms with van der Waals surface area (Å²) >= 11 is 0. The number of allylic oxidation sites excluding steroid dienone is 2. The van der Waals surface area contributed by atoms with Gasteiger partial charge in [0.1, 0.15) is 7.05 Å². The van der Waals surface area contributed by atoms with Crippen molar-refractivity contribution < 1.29 is 4.57 Å². The first-order chi connectivity index (χ1) is 5.25. The minimum atomic E-state index is 0. The molecule has 0 saturated carbocycles. The van der Waals surface area contributed by atoms with Gasteiger partial charge in [0.2, 0.25) is 5.69 Å². The molecule has 0 aliphatic heterocycles. The van der Waals surface area contributed by atoms with E-state index >= 15 is 0 Å². The number of hydrogen-bond donors (Lipinski definition) is 0. The Bertz CT molecular complexity index is 274. The van der Waals surface area contributed by atoms with Crippen molar-refractivity contribution in [3.63, 3.8) is 0 Å². The van der Waals surface area contributed by atoms with E-state index in [0.29, 0.717) is 0 Å². The summed E-state index contributed by atoms with van der Waals surface area (Å²) in [5.74, 6) is 0. The SMILES string of the molecule is C.C.CC=C(C)c1cccc[n+]1C. The second kappa shape index (κ2) is 6.41. The van der Waals surface area contributed by atoms with E-state index in [0.717, 1.165) is 0 Å². The van der Waals surface area contributed by atoms with Gasteiger partial charge in [0.15, 0.2) is 6.20 Å². The third-order valence-electron chi connectivity index (χ3n) is 1.89. The number of aryl methyl sites for hydroxylation is 1. The van der Waals surface area contributed by atoms with E-state index in [1.165, 1.54) is 11.3 Å². The first kappa shape index (κ1) is 14.4. The van der Waals surface area contributed by atoms with Crippen molar-refractivity contribution in [2.24, 2.45) is 7.05 Å². The Morgan fingerprint density at radius 1 is 1.31 bits per heavy atom. The van der Waals surface area contributed by atoms with Crippen LogP contribution in [0.2, 0.25) is 0 Å². The number of hydrogen-bond acceptors (Lipinski definition) is 0. The Hall–Kier alpha value is -1.11. The van der Waals surface area contributed by atoms with Gasteiger partial charge >= 0.3 is 0 Å². The Kier molecular flexibility index (Phi) is 7.11. The number of aromatic nitrogens is 1. The molecular formula is C12H22N+. The van der Waals surface area contributed by atoms with Crippen molar-refractivity contribution in [3.8, 4) is 0 Å². The molecule has 74 valence electrons. The summed E-state index contributed by atoms with van der Waals surface area (Å²) in [4.78, 5) is 0. The van der Waals surface area contributed by atoms with Crippen molar-refractivity contribution in [1.29, 1.82) is 0 Å². The molecule has 0 amide bonds. The van der Waals surface area contributed by atoms with Crippen molar-refractivity contribution in [2.75, 3.05) is 0 Å². The molecule has 0 spiro atoms. The van der Waals surface area contributed by atoms with Crippen LogP contribution in [0.5, 0.6) is 0 Å². The van der Waals surface area contributed by atoms with Crippen molar-refractivity contribution in [1.82, 2.24) is 0 Å². The molecule has 0 fully saturated rings. The molecule has 1 heterocycles. The van der Waals surface area contributed by atoms with Crippen LogP contribution >= 0.6 is 0 Å². The molecule has 1 rings (SSSR count). The molecule has 0 aliphatic rings. The van der Waals surface area contributed by atoms with Crippen LogP contribution < -0.4 is 4.57 Å². The zero-order valence-corrected chi connectivity index (χ0v) is 7.33. The van der Waals surface area contributed by atoms with Gasteiger partial charge in [-0.25, -0.2) is 4.57 Å². The molecule has 13 heavy (non-hydrogen) atoms. The van der Waals surface area contributed by atoms with Crippen LogP contribution in [0.15, 0.2) is 30.5 Å². The van der Waals surface area contributed by atoms with E-state index in [1.54, 1.807) is 0 Å². The first-order valence-electron chi connectivity index (χ1n) is 3.83. The molecule has 0 unspecified atom stereocenters. The van der Waals surface area contributed by atoms with Crippen molar-refractivity contribution in [2.45, 2.75) is 28.7 Å². The minimum absolute atomic E-state index is 0. The minimum Gasteiger partial charge on any atom is -0.201 e. The summed E-state index contributed by atoms with van der Waals surface area (Å²) in [7, 11) is 2.06. The van der Waals surface area contributed by atoms with E-state index < -0.39 is 0 Å². The maximum absolute atomic E-state index is 2.12. The maximum Gasteiger partial charge on any atom is 0.207 e. The molecule has 0 saturated heterocycles. The Morgan fingerprint density at radius 3 is 2.38 bits per heavy atom. The van der Waals surface area contributed by atoms with Crippen LogP contribution in [-0.4, -0.2) is 0 Å². The van der Waals surface area contributed by atoms with E-state index in [2.05, 4.69) is 49.9 Å². The molecule has 0 aromatic carbocycles. The van der Waals surface area contributed by atoms with E-state index in [4.69, 9.17) is 0 Å². The van der Waals surface area contributed by atoms with E-state index in [1.807, 2.05) is 6.07 Å².